The van der Waals surface area contributed by atoms with Crippen molar-refractivity contribution in [3.8, 4) is 21.8 Å². The fraction of sp³-hybridized carbons (Fsp3) is 0.0500. The van der Waals surface area contributed by atoms with Crippen molar-refractivity contribution in [1.82, 2.24) is 4.98 Å². The molecule has 112 valence electrons. The van der Waals surface area contributed by atoms with Crippen molar-refractivity contribution in [1.29, 1.82) is 0 Å². The first-order valence-electron chi connectivity index (χ1n) is 7.64. The summed E-state index contributed by atoms with van der Waals surface area (Å²) in [5.74, 6) is 0. The van der Waals surface area contributed by atoms with Gasteiger partial charge in [0, 0.05) is 28.9 Å². The molecule has 0 fully saturated rings. The van der Waals surface area contributed by atoms with E-state index in [1.807, 2.05) is 18.2 Å². The molecular weight excluding hydrogens is 300 g/mol. The van der Waals surface area contributed by atoms with Crippen molar-refractivity contribution in [3.05, 3.63) is 84.5 Å². The molecule has 23 heavy (non-hydrogen) atoms. The molecule has 0 N–H and O–H groups in total. The highest BCUT2D eigenvalue weighted by Crippen LogP contribution is 2.35. The lowest BCUT2D eigenvalue weighted by atomic mass is 10.1. The first kappa shape index (κ1) is 14.0. The number of hydrogen-bond acceptors (Lipinski definition) is 3. The van der Waals surface area contributed by atoms with Crippen molar-refractivity contribution >= 4 is 17.0 Å². The molecule has 0 saturated heterocycles. The van der Waals surface area contributed by atoms with Crippen LogP contribution in [-0.4, -0.2) is 4.98 Å². The normalized spacial score (nSPS) is 13.5. The quantitative estimate of drug-likeness (QED) is 0.615. The fourth-order valence-electron chi connectivity index (χ4n) is 2.66. The van der Waals surface area contributed by atoms with Crippen LogP contribution in [0.1, 0.15) is 6.42 Å². The number of benzene rings is 2. The molecule has 1 aliphatic heterocycles. The molecule has 0 unspecified atom stereocenters. The van der Waals surface area contributed by atoms with E-state index in [1.54, 1.807) is 11.3 Å². The maximum atomic E-state index is 4.85. The lowest BCUT2D eigenvalue weighted by Crippen LogP contribution is -2.09. The van der Waals surface area contributed by atoms with Gasteiger partial charge in [0.05, 0.1) is 11.4 Å². The number of para-hydroxylation sites is 1. The van der Waals surface area contributed by atoms with Crippen LogP contribution in [0.2, 0.25) is 0 Å². The van der Waals surface area contributed by atoms with Crippen LogP contribution >= 0.6 is 11.3 Å². The Kier molecular flexibility index (Phi) is 3.78. The van der Waals surface area contributed by atoms with Gasteiger partial charge in [-0.25, -0.2) is 4.98 Å². The molecule has 3 aromatic rings. The van der Waals surface area contributed by atoms with E-state index in [0.717, 1.165) is 33.9 Å². The molecule has 1 aliphatic rings. The largest absolute Gasteiger partial charge is 0.324 e. The standard InChI is InChI=1S/C20H16N2S/c1-3-9-16(10-4-1)18-15-23-20(21-18)17-11-5-6-12-19(17)22-13-7-2-8-14-22/h1,3-15H,2H2. The van der Waals surface area contributed by atoms with Gasteiger partial charge in [-0.05, 0) is 18.6 Å². The first-order valence-corrected chi connectivity index (χ1v) is 8.52. The Bertz CT molecular complexity index is 850. The highest BCUT2D eigenvalue weighted by molar-refractivity contribution is 7.13. The minimum Gasteiger partial charge on any atom is -0.324 e. The molecule has 2 heterocycles. The second kappa shape index (κ2) is 6.23. The van der Waals surface area contributed by atoms with Crippen LogP contribution in [0.5, 0.6) is 0 Å². The topological polar surface area (TPSA) is 16.1 Å². The molecule has 2 nitrogen and oxygen atoms in total. The summed E-state index contributed by atoms with van der Waals surface area (Å²) >= 11 is 1.69. The van der Waals surface area contributed by atoms with Crippen molar-refractivity contribution < 1.29 is 0 Å². The molecule has 0 amide bonds. The van der Waals surface area contributed by atoms with E-state index in [4.69, 9.17) is 4.98 Å². The summed E-state index contributed by atoms with van der Waals surface area (Å²) in [7, 11) is 0. The molecule has 0 bridgehead atoms. The number of aromatic nitrogens is 1. The van der Waals surface area contributed by atoms with E-state index >= 15 is 0 Å². The Labute approximate surface area is 140 Å². The Morgan fingerprint density at radius 1 is 0.870 bits per heavy atom. The smallest absolute Gasteiger partial charge is 0.126 e. The molecule has 1 aromatic heterocycles. The monoisotopic (exact) mass is 316 g/mol. The Balaban J connectivity index is 1.74. The third-order valence-electron chi connectivity index (χ3n) is 3.79. The maximum absolute atomic E-state index is 4.85. The van der Waals surface area contributed by atoms with Crippen LogP contribution in [0.4, 0.5) is 5.69 Å². The average Bonchev–Trinajstić information content (AvgIpc) is 3.13. The Hall–Kier alpha value is -2.65. The van der Waals surface area contributed by atoms with Crippen LogP contribution < -0.4 is 4.90 Å². The minimum absolute atomic E-state index is 0.994. The number of allylic oxidation sites excluding steroid dienone is 2. The van der Waals surface area contributed by atoms with Crippen LogP contribution in [0.3, 0.4) is 0 Å². The molecule has 0 aliphatic carbocycles. The van der Waals surface area contributed by atoms with Crippen molar-refractivity contribution in [3.63, 3.8) is 0 Å². The number of nitrogens with zero attached hydrogens (tertiary/aromatic N) is 2. The van der Waals surface area contributed by atoms with E-state index in [0.29, 0.717) is 0 Å². The molecule has 0 saturated carbocycles. The summed E-state index contributed by atoms with van der Waals surface area (Å²) in [4.78, 5) is 7.01. The second-order valence-electron chi connectivity index (χ2n) is 5.33. The molecule has 4 rings (SSSR count). The number of anilines is 1. The van der Waals surface area contributed by atoms with E-state index in [1.165, 1.54) is 0 Å². The highest BCUT2D eigenvalue weighted by atomic mass is 32.1. The zero-order chi connectivity index (χ0) is 15.5. The Morgan fingerprint density at radius 3 is 2.43 bits per heavy atom. The molecule has 0 atom stereocenters. The zero-order valence-electron chi connectivity index (χ0n) is 12.6. The van der Waals surface area contributed by atoms with Gasteiger partial charge in [0.25, 0.3) is 0 Å². The molecule has 0 radical (unpaired) electrons. The van der Waals surface area contributed by atoms with Crippen LogP contribution in [-0.2, 0) is 0 Å². The van der Waals surface area contributed by atoms with Gasteiger partial charge in [0.1, 0.15) is 5.01 Å². The van der Waals surface area contributed by atoms with E-state index in [2.05, 4.69) is 71.2 Å². The Morgan fingerprint density at radius 2 is 1.61 bits per heavy atom. The fourth-order valence-corrected chi connectivity index (χ4v) is 3.52. The van der Waals surface area contributed by atoms with Gasteiger partial charge in [0.2, 0.25) is 0 Å². The number of rotatable bonds is 3. The van der Waals surface area contributed by atoms with Gasteiger partial charge in [0.15, 0.2) is 0 Å². The summed E-state index contributed by atoms with van der Waals surface area (Å²) in [6, 6.07) is 18.7. The summed E-state index contributed by atoms with van der Waals surface area (Å²) in [5, 5.41) is 3.18. The maximum Gasteiger partial charge on any atom is 0.126 e. The van der Waals surface area contributed by atoms with Gasteiger partial charge >= 0.3 is 0 Å². The number of hydrogen-bond donors (Lipinski definition) is 0. The van der Waals surface area contributed by atoms with Gasteiger partial charge in [-0.15, -0.1) is 11.3 Å². The molecule has 2 aromatic carbocycles. The number of thiazole rings is 1. The van der Waals surface area contributed by atoms with E-state index < -0.39 is 0 Å². The third-order valence-corrected chi connectivity index (χ3v) is 4.67. The summed E-state index contributed by atoms with van der Waals surface area (Å²) in [6.07, 6.45) is 9.55. The van der Waals surface area contributed by atoms with Gasteiger partial charge < -0.3 is 4.90 Å². The van der Waals surface area contributed by atoms with Gasteiger partial charge in [-0.2, -0.15) is 0 Å². The van der Waals surface area contributed by atoms with E-state index in [9.17, 15) is 0 Å². The summed E-state index contributed by atoms with van der Waals surface area (Å²) < 4.78 is 0. The van der Waals surface area contributed by atoms with Crippen LogP contribution in [0, 0.1) is 0 Å². The zero-order valence-corrected chi connectivity index (χ0v) is 13.4. The summed E-state index contributed by atoms with van der Waals surface area (Å²) in [6.45, 7) is 0. The third kappa shape index (κ3) is 2.83. The predicted octanol–water partition coefficient (Wildman–Crippen LogP) is 5.71. The molecule has 3 heteroatoms. The molecular formula is C20H16N2S. The minimum atomic E-state index is 0.994. The van der Waals surface area contributed by atoms with Crippen molar-refractivity contribution in [2.75, 3.05) is 4.90 Å². The average molecular weight is 316 g/mol. The molecule has 0 spiro atoms. The van der Waals surface area contributed by atoms with E-state index in [-0.39, 0.29) is 0 Å². The summed E-state index contributed by atoms with van der Waals surface area (Å²) in [5.41, 5.74) is 4.51. The highest BCUT2D eigenvalue weighted by Gasteiger charge is 2.13. The van der Waals surface area contributed by atoms with Gasteiger partial charge in [-0.3, -0.25) is 0 Å². The van der Waals surface area contributed by atoms with Gasteiger partial charge in [-0.1, -0.05) is 54.6 Å². The SMILES string of the molecule is C1=CN(c2ccccc2-c2nc(-c3ccccc3)cs2)C=CC1. The lowest BCUT2D eigenvalue weighted by Gasteiger charge is -2.20. The van der Waals surface area contributed by atoms with Crippen molar-refractivity contribution in [2.24, 2.45) is 0 Å². The predicted molar refractivity (Wildman–Crippen MR) is 98.4 cm³/mol. The van der Waals surface area contributed by atoms with Crippen LogP contribution in [0.25, 0.3) is 21.8 Å². The van der Waals surface area contributed by atoms with Crippen molar-refractivity contribution in [2.45, 2.75) is 6.42 Å². The van der Waals surface area contributed by atoms with Crippen LogP contribution in [0.15, 0.2) is 84.5 Å². The first-order chi connectivity index (χ1) is 11.4. The second-order valence-corrected chi connectivity index (χ2v) is 6.19. The lowest BCUT2D eigenvalue weighted by molar-refractivity contribution is 1.18.